The van der Waals surface area contributed by atoms with Crippen molar-refractivity contribution in [1.29, 1.82) is 0 Å². The minimum Gasteiger partial charge on any atom is -0.330 e. The fourth-order valence-corrected chi connectivity index (χ4v) is 1.74. The summed E-state index contributed by atoms with van der Waals surface area (Å²) in [6.45, 7) is 2.93. The second-order valence-electron chi connectivity index (χ2n) is 3.86. The van der Waals surface area contributed by atoms with E-state index in [9.17, 15) is 0 Å². The van der Waals surface area contributed by atoms with Crippen LogP contribution >= 0.6 is 0 Å². The number of hydrogen-bond donors (Lipinski definition) is 1. The first-order valence-electron chi connectivity index (χ1n) is 5.21. The highest BCUT2D eigenvalue weighted by Gasteiger charge is 2.05. The lowest BCUT2D eigenvalue weighted by molar-refractivity contribution is 0.691. The molecule has 0 bridgehead atoms. The first-order valence-corrected chi connectivity index (χ1v) is 5.21. The topological polar surface area (TPSA) is 51.8 Å². The zero-order valence-corrected chi connectivity index (χ0v) is 8.85. The van der Waals surface area contributed by atoms with E-state index < -0.39 is 0 Å². The number of fused-ring (bicyclic) bond motifs is 1. The molecule has 3 heteroatoms. The summed E-state index contributed by atoms with van der Waals surface area (Å²) >= 11 is 0. The third-order valence-corrected chi connectivity index (χ3v) is 2.74. The molecule has 1 unspecified atom stereocenters. The van der Waals surface area contributed by atoms with Gasteiger partial charge < -0.3 is 5.73 Å². The van der Waals surface area contributed by atoms with E-state index in [0.717, 1.165) is 23.7 Å². The van der Waals surface area contributed by atoms with Gasteiger partial charge in [-0.15, -0.1) is 0 Å². The van der Waals surface area contributed by atoms with E-state index in [4.69, 9.17) is 5.73 Å². The molecule has 1 aromatic heterocycles. The Balaban J connectivity index is 2.38. The molecule has 0 aliphatic rings. The van der Waals surface area contributed by atoms with Crippen LogP contribution < -0.4 is 5.73 Å². The molecule has 0 saturated carbocycles. The third-order valence-electron chi connectivity index (χ3n) is 2.74. The van der Waals surface area contributed by atoms with Gasteiger partial charge in [-0.05, 0) is 30.5 Å². The largest absolute Gasteiger partial charge is 0.330 e. The van der Waals surface area contributed by atoms with Crippen molar-refractivity contribution in [2.75, 3.05) is 6.54 Å². The van der Waals surface area contributed by atoms with Crippen molar-refractivity contribution in [3.63, 3.8) is 0 Å². The van der Waals surface area contributed by atoms with Crippen LogP contribution in [-0.4, -0.2) is 16.7 Å². The number of nitrogens with zero attached hydrogens (tertiary/aromatic N) is 2. The molecule has 0 spiro atoms. The summed E-state index contributed by atoms with van der Waals surface area (Å²) < 4.78 is 0. The molecular weight excluding hydrogens is 186 g/mol. The maximum Gasteiger partial charge on any atom is 0.0574 e. The summed E-state index contributed by atoms with van der Waals surface area (Å²) in [7, 11) is 0. The summed E-state index contributed by atoms with van der Waals surface area (Å²) in [4.78, 5) is 0. The lowest BCUT2D eigenvalue weighted by Gasteiger charge is -2.10. The Bertz CT molecular complexity index is 453. The van der Waals surface area contributed by atoms with E-state index in [2.05, 4.69) is 35.3 Å². The number of benzene rings is 1. The van der Waals surface area contributed by atoms with Gasteiger partial charge in [0.25, 0.3) is 0 Å². The van der Waals surface area contributed by atoms with E-state index in [1.165, 1.54) is 5.56 Å². The van der Waals surface area contributed by atoms with E-state index in [1.54, 1.807) is 12.4 Å². The quantitative estimate of drug-likeness (QED) is 0.827. The molecular formula is C12H15N3. The normalized spacial score (nSPS) is 12.9. The van der Waals surface area contributed by atoms with Crippen molar-refractivity contribution in [3.05, 3.63) is 36.2 Å². The predicted molar refractivity (Wildman–Crippen MR) is 61.6 cm³/mol. The van der Waals surface area contributed by atoms with Crippen LogP contribution in [0.25, 0.3) is 10.8 Å². The number of hydrogen-bond acceptors (Lipinski definition) is 3. The summed E-state index contributed by atoms with van der Waals surface area (Å²) in [6.07, 6.45) is 4.60. The van der Waals surface area contributed by atoms with Crippen LogP contribution in [0.4, 0.5) is 0 Å². The third kappa shape index (κ3) is 2.13. The Hall–Kier alpha value is -1.48. The fraction of sp³-hybridized carbons (Fsp3) is 0.333. The van der Waals surface area contributed by atoms with Crippen molar-refractivity contribution < 1.29 is 0 Å². The maximum absolute atomic E-state index is 5.56. The molecule has 78 valence electrons. The summed E-state index contributed by atoms with van der Waals surface area (Å²) in [5.74, 6) is 0.507. The van der Waals surface area contributed by atoms with Gasteiger partial charge in [0, 0.05) is 10.8 Å². The maximum atomic E-state index is 5.56. The van der Waals surface area contributed by atoms with Gasteiger partial charge >= 0.3 is 0 Å². The van der Waals surface area contributed by atoms with E-state index in [-0.39, 0.29) is 0 Å². The summed E-state index contributed by atoms with van der Waals surface area (Å²) in [5, 5.41) is 10.0. The number of nitrogens with two attached hydrogens (primary N) is 1. The molecule has 2 aromatic rings. The molecule has 1 atom stereocenters. The lowest BCUT2D eigenvalue weighted by atomic mass is 9.96. The van der Waals surface area contributed by atoms with Crippen LogP contribution in [0.3, 0.4) is 0 Å². The fourth-order valence-electron chi connectivity index (χ4n) is 1.74. The molecule has 0 radical (unpaired) electrons. The average molecular weight is 201 g/mol. The van der Waals surface area contributed by atoms with Gasteiger partial charge in [-0.3, -0.25) is 0 Å². The predicted octanol–water partition coefficient (Wildman–Crippen LogP) is 2.08. The van der Waals surface area contributed by atoms with Gasteiger partial charge in [0.15, 0.2) is 0 Å². The summed E-state index contributed by atoms with van der Waals surface area (Å²) in [5.41, 5.74) is 6.88. The SMILES string of the molecule is CC(CCN)c1ccc2cnncc2c1. The van der Waals surface area contributed by atoms with Crippen molar-refractivity contribution in [3.8, 4) is 0 Å². The van der Waals surface area contributed by atoms with E-state index in [0.29, 0.717) is 5.92 Å². The molecule has 1 aromatic carbocycles. The Morgan fingerprint density at radius 1 is 1.20 bits per heavy atom. The molecule has 0 amide bonds. The van der Waals surface area contributed by atoms with Gasteiger partial charge in [0.05, 0.1) is 12.4 Å². The molecule has 2 N–H and O–H groups in total. The Morgan fingerprint density at radius 3 is 2.67 bits per heavy atom. The smallest absolute Gasteiger partial charge is 0.0574 e. The average Bonchev–Trinajstić information content (AvgIpc) is 2.29. The van der Waals surface area contributed by atoms with Crippen LogP contribution in [0.1, 0.15) is 24.8 Å². The van der Waals surface area contributed by atoms with Crippen LogP contribution in [0.2, 0.25) is 0 Å². The van der Waals surface area contributed by atoms with Crippen LogP contribution in [0.5, 0.6) is 0 Å². The van der Waals surface area contributed by atoms with Crippen molar-refractivity contribution >= 4 is 10.8 Å². The Kier molecular flexibility index (Phi) is 2.92. The Morgan fingerprint density at radius 2 is 1.93 bits per heavy atom. The Labute approximate surface area is 89.3 Å². The molecule has 3 nitrogen and oxygen atoms in total. The van der Waals surface area contributed by atoms with Crippen molar-refractivity contribution in [2.45, 2.75) is 19.3 Å². The number of aromatic nitrogens is 2. The van der Waals surface area contributed by atoms with Gasteiger partial charge in [-0.25, -0.2) is 0 Å². The highest BCUT2D eigenvalue weighted by molar-refractivity contribution is 5.81. The molecule has 1 heterocycles. The molecule has 2 rings (SSSR count). The second kappa shape index (κ2) is 4.36. The minimum absolute atomic E-state index is 0.507. The lowest BCUT2D eigenvalue weighted by Crippen LogP contribution is -2.04. The van der Waals surface area contributed by atoms with E-state index in [1.807, 2.05) is 0 Å². The van der Waals surface area contributed by atoms with Crippen LogP contribution in [-0.2, 0) is 0 Å². The van der Waals surface area contributed by atoms with Gasteiger partial charge in [-0.2, -0.15) is 10.2 Å². The minimum atomic E-state index is 0.507. The van der Waals surface area contributed by atoms with Crippen LogP contribution in [0.15, 0.2) is 30.6 Å². The highest BCUT2D eigenvalue weighted by Crippen LogP contribution is 2.22. The molecule has 0 aliphatic carbocycles. The zero-order chi connectivity index (χ0) is 10.7. The molecule has 0 saturated heterocycles. The van der Waals surface area contributed by atoms with Crippen molar-refractivity contribution in [1.82, 2.24) is 10.2 Å². The molecule has 15 heavy (non-hydrogen) atoms. The van der Waals surface area contributed by atoms with Gasteiger partial charge in [0.1, 0.15) is 0 Å². The van der Waals surface area contributed by atoms with Crippen LogP contribution in [0, 0.1) is 0 Å². The highest BCUT2D eigenvalue weighted by atomic mass is 15.1. The summed E-state index contributed by atoms with van der Waals surface area (Å²) in [6, 6.07) is 6.40. The van der Waals surface area contributed by atoms with Crippen molar-refractivity contribution in [2.24, 2.45) is 5.73 Å². The first kappa shape index (κ1) is 10.1. The first-order chi connectivity index (χ1) is 7.31. The zero-order valence-electron chi connectivity index (χ0n) is 8.85. The number of rotatable bonds is 3. The molecule has 0 fully saturated rings. The standard InChI is InChI=1S/C12H15N3/c1-9(4-5-13)10-2-3-11-7-14-15-8-12(11)6-10/h2-3,6-9H,4-5,13H2,1H3. The van der Waals surface area contributed by atoms with E-state index >= 15 is 0 Å². The van der Waals surface area contributed by atoms with Gasteiger partial charge in [-0.1, -0.05) is 19.1 Å². The second-order valence-corrected chi connectivity index (χ2v) is 3.86. The monoisotopic (exact) mass is 201 g/mol. The molecule has 0 aliphatic heterocycles. The van der Waals surface area contributed by atoms with Gasteiger partial charge in [0.2, 0.25) is 0 Å².